The van der Waals surface area contributed by atoms with Gasteiger partial charge in [0.1, 0.15) is 0 Å². The predicted molar refractivity (Wildman–Crippen MR) is 73.9 cm³/mol. The Balaban J connectivity index is 2.17. The van der Waals surface area contributed by atoms with Gasteiger partial charge in [-0.3, -0.25) is 0 Å². The SMILES string of the molecule is CCc1ccc(C(C)(N)C2CCCCC2)cc1. The van der Waals surface area contributed by atoms with E-state index in [1.54, 1.807) is 0 Å². The van der Waals surface area contributed by atoms with Gasteiger partial charge in [-0.15, -0.1) is 0 Å². The van der Waals surface area contributed by atoms with E-state index >= 15 is 0 Å². The molecule has 0 radical (unpaired) electrons. The second kappa shape index (κ2) is 5.22. The lowest BCUT2D eigenvalue weighted by Crippen LogP contribution is -2.42. The third-order valence-corrected chi connectivity index (χ3v) is 4.44. The minimum Gasteiger partial charge on any atom is -0.321 e. The molecule has 1 nitrogen and oxygen atoms in total. The average molecular weight is 231 g/mol. The largest absolute Gasteiger partial charge is 0.321 e. The molecule has 2 N–H and O–H groups in total. The summed E-state index contributed by atoms with van der Waals surface area (Å²) in [6.07, 6.45) is 7.78. The second-order valence-electron chi connectivity index (χ2n) is 5.67. The molecule has 1 unspecified atom stereocenters. The molecule has 1 atom stereocenters. The summed E-state index contributed by atoms with van der Waals surface area (Å²) < 4.78 is 0. The van der Waals surface area contributed by atoms with Crippen molar-refractivity contribution in [3.8, 4) is 0 Å². The zero-order valence-electron chi connectivity index (χ0n) is 11.2. The van der Waals surface area contributed by atoms with E-state index in [9.17, 15) is 0 Å². The van der Waals surface area contributed by atoms with E-state index < -0.39 is 0 Å². The second-order valence-corrected chi connectivity index (χ2v) is 5.67. The normalized spacial score (nSPS) is 21.1. The topological polar surface area (TPSA) is 26.0 Å². The fourth-order valence-electron chi connectivity index (χ4n) is 3.04. The van der Waals surface area contributed by atoms with Gasteiger partial charge >= 0.3 is 0 Å². The Hall–Kier alpha value is -0.820. The van der Waals surface area contributed by atoms with Crippen LogP contribution in [0.2, 0.25) is 0 Å². The van der Waals surface area contributed by atoms with Crippen molar-refractivity contribution >= 4 is 0 Å². The van der Waals surface area contributed by atoms with Crippen LogP contribution in [0.25, 0.3) is 0 Å². The molecule has 1 aromatic carbocycles. The highest BCUT2D eigenvalue weighted by Crippen LogP contribution is 2.37. The highest BCUT2D eigenvalue weighted by molar-refractivity contribution is 5.28. The van der Waals surface area contributed by atoms with Gasteiger partial charge < -0.3 is 5.73 Å². The fraction of sp³-hybridized carbons (Fsp3) is 0.625. The molecule has 2 rings (SSSR count). The summed E-state index contributed by atoms with van der Waals surface area (Å²) in [5.41, 5.74) is 9.16. The van der Waals surface area contributed by atoms with Crippen molar-refractivity contribution in [2.45, 2.75) is 57.9 Å². The van der Waals surface area contributed by atoms with Crippen LogP contribution in [0.15, 0.2) is 24.3 Å². The predicted octanol–water partition coefficient (Wildman–Crippen LogP) is 4.00. The van der Waals surface area contributed by atoms with Crippen LogP contribution in [0.4, 0.5) is 0 Å². The van der Waals surface area contributed by atoms with Gasteiger partial charge in [-0.25, -0.2) is 0 Å². The van der Waals surface area contributed by atoms with Gasteiger partial charge in [-0.05, 0) is 43.2 Å². The Morgan fingerprint density at radius 2 is 1.71 bits per heavy atom. The number of aryl methyl sites for hydroxylation is 1. The third-order valence-electron chi connectivity index (χ3n) is 4.44. The molecule has 1 aliphatic carbocycles. The molecule has 0 spiro atoms. The number of hydrogen-bond donors (Lipinski definition) is 1. The number of hydrogen-bond acceptors (Lipinski definition) is 1. The van der Waals surface area contributed by atoms with Crippen LogP contribution < -0.4 is 5.73 Å². The van der Waals surface area contributed by atoms with Gasteiger partial charge in [0.25, 0.3) is 0 Å². The van der Waals surface area contributed by atoms with Crippen molar-refractivity contribution in [3.63, 3.8) is 0 Å². The first-order chi connectivity index (χ1) is 8.14. The van der Waals surface area contributed by atoms with E-state index in [1.807, 2.05) is 0 Å². The van der Waals surface area contributed by atoms with Crippen LogP contribution >= 0.6 is 0 Å². The Morgan fingerprint density at radius 3 is 2.24 bits per heavy atom. The van der Waals surface area contributed by atoms with Crippen molar-refractivity contribution in [2.75, 3.05) is 0 Å². The van der Waals surface area contributed by atoms with E-state index in [4.69, 9.17) is 5.73 Å². The van der Waals surface area contributed by atoms with Gasteiger partial charge in [0, 0.05) is 5.54 Å². The lowest BCUT2D eigenvalue weighted by molar-refractivity contribution is 0.224. The summed E-state index contributed by atoms with van der Waals surface area (Å²) in [6.45, 7) is 4.40. The molecule has 1 fully saturated rings. The smallest absolute Gasteiger partial charge is 0.0409 e. The minimum absolute atomic E-state index is 0.146. The monoisotopic (exact) mass is 231 g/mol. The third kappa shape index (κ3) is 2.71. The molecule has 0 aromatic heterocycles. The highest BCUT2D eigenvalue weighted by atomic mass is 14.7. The highest BCUT2D eigenvalue weighted by Gasteiger charge is 2.32. The first kappa shape index (κ1) is 12.6. The number of rotatable bonds is 3. The van der Waals surface area contributed by atoms with E-state index in [1.165, 1.54) is 43.2 Å². The van der Waals surface area contributed by atoms with Crippen molar-refractivity contribution in [2.24, 2.45) is 11.7 Å². The maximum absolute atomic E-state index is 6.60. The Bertz CT molecular complexity index is 344. The summed E-state index contributed by atoms with van der Waals surface area (Å²) in [6, 6.07) is 8.91. The van der Waals surface area contributed by atoms with E-state index in [2.05, 4.69) is 38.1 Å². The van der Waals surface area contributed by atoms with Gasteiger partial charge in [-0.2, -0.15) is 0 Å². The zero-order valence-corrected chi connectivity index (χ0v) is 11.2. The molecule has 0 bridgehead atoms. The van der Waals surface area contributed by atoms with Gasteiger partial charge in [-0.1, -0.05) is 50.5 Å². The zero-order chi connectivity index (χ0) is 12.3. The maximum Gasteiger partial charge on any atom is 0.0409 e. The minimum atomic E-state index is -0.146. The van der Waals surface area contributed by atoms with Crippen molar-refractivity contribution < 1.29 is 0 Å². The molecular weight excluding hydrogens is 206 g/mol. The molecule has 1 aromatic rings. The molecule has 0 amide bonds. The summed E-state index contributed by atoms with van der Waals surface area (Å²) in [7, 11) is 0. The summed E-state index contributed by atoms with van der Waals surface area (Å²) in [4.78, 5) is 0. The number of nitrogens with two attached hydrogens (primary N) is 1. The molecule has 1 heteroatoms. The van der Waals surface area contributed by atoms with Crippen LogP contribution in [0, 0.1) is 5.92 Å². The van der Waals surface area contributed by atoms with Gasteiger partial charge in [0.15, 0.2) is 0 Å². The molecule has 94 valence electrons. The molecule has 17 heavy (non-hydrogen) atoms. The van der Waals surface area contributed by atoms with Crippen LogP contribution in [-0.2, 0) is 12.0 Å². The molecule has 0 aliphatic heterocycles. The number of benzene rings is 1. The lowest BCUT2D eigenvalue weighted by atomic mass is 9.72. The first-order valence-corrected chi connectivity index (χ1v) is 7.03. The summed E-state index contributed by atoms with van der Waals surface area (Å²) >= 11 is 0. The molecular formula is C16H25N. The summed E-state index contributed by atoms with van der Waals surface area (Å²) in [5, 5.41) is 0. The Labute approximate surface area is 105 Å². The lowest BCUT2D eigenvalue weighted by Gasteiger charge is -2.37. The average Bonchev–Trinajstić information content (AvgIpc) is 2.40. The molecule has 0 heterocycles. The standard InChI is InChI=1S/C16H25N/c1-3-13-9-11-15(12-10-13)16(2,17)14-7-5-4-6-8-14/h9-12,14H,3-8,17H2,1-2H3. The van der Waals surface area contributed by atoms with Gasteiger partial charge in [0.2, 0.25) is 0 Å². The van der Waals surface area contributed by atoms with Crippen molar-refractivity contribution in [3.05, 3.63) is 35.4 Å². The van der Waals surface area contributed by atoms with E-state index in [0.29, 0.717) is 5.92 Å². The quantitative estimate of drug-likeness (QED) is 0.836. The molecule has 0 saturated heterocycles. The Morgan fingerprint density at radius 1 is 1.12 bits per heavy atom. The van der Waals surface area contributed by atoms with Gasteiger partial charge in [0.05, 0.1) is 0 Å². The van der Waals surface area contributed by atoms with Crippen LogP contribution in [0.3, 0.4) is 0 Å². The van der Waals surface area contributed by atoms with E-state index in [-0.39, 0.29) is 5.54 Å². The molecule has 1 aliphatic rings. The fourth-order valence-corrected chi connectivity index (χ4v) is 3.04. The van der Waals surface area contributed by atoms with Crippen LogP contribution in [-0.4, -0.2) is 0 Å². The van der Waals surface area contributed by atoms with Crippen molar-refractivity contribution in [1.29, 1.82) is 0 Å². The van der Waals surface area contributed by atoms with E-state index in [0.717, 1.165) is 6.42 Å². The molecule has 1 saturated carbocycles. The van der Waals surface area contributed by atoms with Crippen LogP contribution in [0.1, 0.15) is 57.1 Å². The Kier molecular flexibility index (Phi) is 3.88. The first-order valence-electron chi connectivity index (χ1n) is 7.03. The van der Waals surface area contributed by atoms with Crippen molar-refractivity contribution in [1.82, 2.24) is 0 Å². The maximum atomic E-state index is 6.60. The summed E-state index contributed by atoms with van der Waals surface area (Å²) in [5.74, 6) is 0.656. The van der Waals surface area contributed by atoms with Crippen LogP contribution in [0.5, 0.6) is 0 Å².